The number of nitrogens with zero attached hydrogens (tertiary/aromatic N) is 3. The second-order valence-corrected chi connectivity index (χ2v) is 20.0. The molecule has 0 spiro atoms. The van der Waals surface area contributed by atoms with Crippen molar-refractivity contribution in [3.05, 3.63) is 65.1 Å². The maximum atomic E-state index is 15.1. The molecule has 17 nitrogen and oxygen atoms in total. The summed E-state index contributed by atoms with van der Waals surface area (Å²) in [6.45, 7) is 11.6. The van der Waals surface area contributed by atoms with Crippen LogP contribution in [0.4, 0.5) is 4.39 Å². The minimum atomic E-state index is -2.30. The van der Waals surface area contributed by atoms with Gasteiger partial charge in [0.05, 0.1) is 37.6 Å². The Morgan fingerprint density at radius 2 is 1.54 bits per heavy atom. The minimum Gasteiger partial charge on any atom is -0.461 e. The van der Waals surface area contributed by atoms with Gasteiger partial charge in [-0.1, -0.05) is 25.1 Å². The Morgan fingerprint density at radius 1 is 0.914 bits per heavy atom. The number of aryl methyl sites for hydroxylation is 2. The molecule has 6 rings (SSSR count). The number of benzene rings is 2. The number of likely N-dealkylation sites (tertiary alicyclic amines) is 2. The fourth-order valence-corrected chi connectivity index (χ4v) is 9.87. The number of carbonyl (C=O) groups is 6. The molecule has 1 unspecified atom stereocenters. The summed E-state index contributed by atoms with van der Waals surface area (Å²) in [6.07, 6.45) is 2.25. The van der Waals surface area contributed by atoms with Crippen LogP contribution >= 0.6 is 9.24 Å². The number of esters is 2. The minimum absolute atomic E-state index is 0.0173. The topological polar surface area (TPSA) is 216 Å². The number of allylic oxidation sites excluding steroid dienone is 1. The highest BCUT2D eigenvalue weighted by molar-refractivity contribution is 7.27. The molecule has 372 valence electrons. The molecule has 2 aliphatic heterocycles. The van der Waals surface area contributed by atoms with Crippen molar-refractivity contribution in [3.8, 4) is 11.4 Å². The molecular weight excluding hydrogens is 916 g/mol. The van der Waals surface area contributed by atoms with E-state index < -0.39 is 72.0 Å². The summed E-state index contributed by atoms with van der Waals surface area (Å²) in [6, 6.07) is 8.65. The van der Waals surface area contributed by atoms with E-state index in [0.29, 0.717) is 43.3 Å². The highest BCUT2D eigenvalue weighted by atomic mass is 31.0. The number of hydrogen-bond donors (Lipinski definition) is 6. The second-order valence-electron chi connectivity index (χ2n) is 19.3. The van der Waals surface area contributed by atoms with Gasteiger partial charge in [-0.25, -0.2) is 4.39 Å². The number of fused-ring (bicyclic) bond motifs is 2. The Bertz CT molecular complexity index is 2680. The van der Waals surface area contributed by atoms with Crippen molar-refractivity contribution in [1.29, 1.82) is 0 Å². The van der Waals surface area contributed by atoms with E-state index in [9.17, 15) is 33.9 Å². The third kappa shape index (κ3) is 13.2. The van der Waals surface area contributed by atoms with Crippen LogP contribution in [0, 0.1) is 5.82 Å². The Morgan fingerprint density at radius 3 is 2.16 bits per heavy atom. The van der Waals surface area contributed by atoms with E-state index in [1.165, 1.54) is 26.0 Å². The second kappa shape index (κ2) is 22.3. The third-order valence-corrected chi connectivity index (χ3v) is 13.1. The van der Waals surface area contributed by atoms with E-state index in [4.69, 9.17) is 25.2 Å². The molecule has 21 heteroatoms. The average molecular weight is 981 g/mol. The first kappa shape index (κ1) is 53.8. The van der Waals surface area contributed by atoms with Crippen molar-refractivity contribution < 1.29 is 47.7 Å². The number of nitrogens with one attached hydrogen (secondary N) is 5. The summed E-state index contributed by atoms with van der Waals surface area (Å²) >= 11 is 0. The van der Waals surface area contributed by atoms with E-state index in [-0.39, 0.29) is 49.1 Å². The number of H-pyrrole nitrogens is 1. The van der Waals surface area contributed by atoms with Crippen LogP contribution in [0.15, 0.2) is 48.2 Å². The summed E-state index contributed by atoms with van der Waals surface area (Å²) in [7, 11) is 15.4. The zero-order chi connectivity index (χ0) is 51.4. The van der Waals surface area contributed by atoms with Crippen LogP contribution in [0.2, 0.25) is 0 Å². The Balaban J connectivity index is 1.39. The third-order valence-electron chi connectivity index (χ3n) is 12.7. The molecule has 2 saturated heterocycles. The van der Waals surface area contributed by atoms with Crippen LogP contribution in [0.1, 0.15) is 85.3 Å². The fraction of sp³-hybridized carbons (Fsp3) is 0.510. The molecule has 4 heterocycles. The molecule has 2 aromatic carbocycles. The standard InChI is InChI=1S/C49H64B2FN8O9P/c1-9-38(56-43(64)23-54-49(50,51)67)46(65)59-24-31(68-26(3)61)18-29(59)12-15-36-34-14-11-28(52)17-40(34)57-44(36)45-37(35-16-13-33(70)21-41(35)58(45)8)20-30-19-32(69-27(4)62)25-60(30)47(66)39(10-2)55-42(63)22-53-48(5,6)7/h10-11,13-14,16-17,21,29-32,38,53-54,57,67H,9,12,15,18-20,22-25,70H2,1-8H3,(H,55,63)(H,56,64)/b39-10-/t29-,30+,31+,32+,38+/m1/s1. The quantitative estimate of drug-likeness (QED) is 0.0280. The maximum Gasteiger partial charge on any atom is 0.302 e. The van der Waals surface area contributed by atoms with Crippen LogP contribution < -0.4 is 26.6 Å². The highest BCUT2D eigenvalue weighted by Gasteiger charge is 2.41. The first-order valence-electron chi connectivity index (χ1n) is 23.5. The number of aliphatic hydroxyl groups is 1. The van der Waals surface area contributed by atoms with Crippen LogP contribution in [-0.4, -0.2) is 143 Å². The summed E-state index contributed by atoms with van der Waals surface area (Å²) in [5, 5.41) is 23.1. The van der Waals surface area contributed by atoms with Crippen molar-refractivity contribution in [2.45, 2.75) is 128 Å². The van der Waals surface area contributed by atoms with Crippen molar-refractivity contribution in [2.24, 2.45) is 7.05 Å². The predicted octanol–water partition coefficient (Wildman–Crippen LogP) is 2.34. The molecule has 0 aliphatic carbocycles. The van der Waals surface area contributed by atoms with Gasteiger partial charge in [0.25, 0.3) is 5.91 Å². The van der Waals surface area contributed by atoms with Gasteiger partial charge in [0, 0.05) is 78.7 Å². The van der Waals surface area contributed by atoms with Crippen LogP contribution in [0.25, 0.3) is 33.2 Å². The van der Waals surface area contributed by atoms with Gasteiger partial charge in [-0.05, 0) is 94.1 Å². The summed E-state index contributed by atoms with van der Waals surface area (Å²) in [4.78, 5) is 86.1. The van der Waals surface area contributed by atoms with Gasteiger partial charge in [-0.15, -0.1) is 9.24 Å². The normalized spacial score (nSPS) is 19.2. The molecule has 6 N–H and O–H groups in total. The van der Waals surface area contributed by atoms with Crippen molar-refractivity contribution in [2.75, 3.05) is 26.2 Å². The fourth-order valence-electron chi connectivity index (χ4n) is 9.62. The average Bonchev–Trinajstić information content (AvgIpc) is 4.02. The molecule has 4 aromatic rings. The molecule has 0 saturated carbocycles. The number of rotatable bonds is 18. The first-order chi connectivity index (χ1) is 32.9. The Labute approximate surface area is 412 Å². The van der Waals surface area contributed by atoms with E-state index in [0.717, 1.165) is 38.4 Å². The molecule has 4 radical (unpaired) electrons. The number of halogens is 1. The van der Waals surface area contributed by atoms with Gasteiger partial charge in [-0.3, -0.25) is 34.1 Å². The largest absolute Gasteiger partial charge is 0.461 e. The zero-order valence-electron chi connectivity index (χ0n) is 41.2. The predicted molar refractivity (Wildman–Crippen MR) is 269 cm³/mol. The Kier molecular flexibility index (Phi) is 17.1. The van der Waals surface area contributed by atoms with Crippen molar-refractivity contribution >= 4 is 87.6 Å². The smallest absolute Gasteiger partial charge is 0.302 e. The van der Waals surface area contributed by atoms with E-state index in [1.807, 2.05) is 46.0 Å². The SMILES string of the molecule is [B]C([B])(O)NCC(=O)N[C@@H](CC)C(=O)N1C[C@@H](OC(C)=O)C[C@H]1CCc1c(-c2c(C[C@@H]3C[C@H](OC(C)=O)CN3C(=O)/C(=C/C)NC(=O)CNC(C)(C)C)c3ccc(P)cc3n2C)[nH]c2cc(F)ccc12. The van der Waals surface area contributed by atoms with Crippen LogP contribution in [-0.2, 0) is 58.1 Å². The van der Waals surface area contributed by atoms with E-state index >= 15 is 4.39 Å². The number of aromatic amines is 1. The number of hydrogen-bond acceptors (Lipinski definition) is 11. The molecule has 70 heavy (non-hydrogen) atoms. The van der Waals surface area contributed by atoms with Gasteiger partial charge in [0.2, 0.25) is 17.7 Å². The molecule has 2 fully saturated rings. The molecule has 0 bridgehead atoms. The maximum absolute atomic E-state index is 15.1. The molecule has 4 amide bonds. The van der Waals surface area contributed by atoms with Gasteiger partial charge < -0.3 is 49.9 Å². The van der Waals surface area contributed by atoms with Crippen LogP contribution in [0.3, 0.4) is 0 Å². The first-order valence-corrected chi connectivity index (χ1v) is 24.1. The Hall–Kier alpha value is -5.55. The summed E-state index contributed by atoms with van der Waals surface area (Å²) in [5.41, 5.74) is 2.04. The number of amides is 4. The van der Waals surface area contributed by atoms with Crippen molar-refractivity contribution in [1.82, 2.24) is 40.6 Å². The van der Waals surface area contributed by atoms with E-state index in [1.54, 1.807) is 35.8 Å². The lowest BCUT2D eigenvalue weighted by Crippen LogP contribution is -2.54. The molecule has 2 aromatic heterocycles. The number of carbonyl (C=O) groups excluding carboxylic acids is 6. The van der Waals surface area contributed by atoms with Gasteiger partial charge in [-0.2, -0.15) is 0 Å². The number of ether oxygens (including phenoxy) is 2. The number of aromatic nitrogens is 2. The van der Waals surface area contributed by atoms with E-state index in [2.05, 4.69) is 40.1 Å². The lowest BCUT2D eigenvalue weighted by Gasteiger charge is -2.29. The van der Waals surface area contributed by atoms with Gasteiger partial charge in [0.1, 0.15) is 45.5 Å². The van der Waals surface area contributed by atoms with Gasteiger partial charge in [0.15, 0.2) is 0 Å². The monoisotopic (exact) mass is 980 g/mol. The molecule has 6 atom stereocenters. The zero-order valence-corrected chi connectivity index (χ0v) is 42.3. The molecule has 2 aliphatic rings. The lowest BCUT2D eigenvalue weighted by atomic mass is 9.73. The summed E-state index contributed by atoms with van der Waals surface area (Å²) in [5.74, 6) is -3.25. The summed E-state index contributed by atoms with van der Waals surface area (Å²) < 4.78 is 28.5. The lowest BCUT2D eigenvalue weighted by molar-refractivity contribution is -0.147. The highest BCUT2D eigenvalue weighted by Crippen LogP contribution is 2.41. The molecular formula is C49H64B2FN8O9P. The van der Waals surface area contributed by atoms with Crippen molar-refractivity contribution in [3.63, 3.8) is 0 Å². The van der Waals surface area contributed by atoms with Crippen LogP contribution in [0.5, 0.6) is 0 Å². The van der Waals surface area contributed by atoms with Gasteiger partial charge >= 0.3 is 11.9 Å².